The van der Waals surface area contributed by atoms with Gasteiger partial charge in [0.1, 0.15) is 5.75 Å². The molecule has 0 spiro atoms. The average molecular weight is 269 g/mol. The van der Waals surface area contributed by atoms with Crippen molar-refractivity contribution in [3.8, 4) is 5.75 Å². The van der Waals surface area contributed by atoms with E-state index < -0.39 is 0 Å². The number of hydrogen-bond acceptors (Lipinski definition) is 2. The van der Waals surface area contributed by atoms with Crippen molar-refractivity contribution in [2.24, 2.45) is 11.8 Å². The van der Waals surface area contributed by atoms with Crippen LogP contribution in [0.4, 0.5) is 0 Å². The highest BCUT2D eigenvalue weighted by molar-refractivity contribution is 6.30. The van der Waals surface area contributed by atoms with Crippen molar-refractivity contribution in [3.05, 3.63) is 29.3 Å². The minimum absolute atomic E-state index is 0.220. The van der Waals surface area contributed by atoms with Crippen LogP contribution in [0.1, 0.15) is 32.1 Å². The van der Waals surface area contributed by atoms with E-state index >= 15 is 0 Å². The van der Waals surface area contributed by atoms with Gasteiger partial charge in [0.25, 0.3) is 0 Å². The first-order valence-corrected chi connectivity index (χ1v) is 7.16. The molecule has 2 nitrogen and oxygen atoms in total. The highest BCUT2D eigenvalue weighted by Gasteiger charge is 2.23. The molecule has 3 heteroatoms. The fourth-order valence-electron chi connectivity index (χ4n) is 2.68. The molecule has 1 aliphatic rings. The lowest BCUT2D eigenvalue weighted by Crippen LogP contribution is -2.26. The van der Waals surface area contributed by atoms with E-state index in [0.717, 1.165) is 5.75 Å². The zero-order valence-electron chi connectivity index (χ0n) is 10.6. The highest BCUT2D eigenvalue weighted by atomic mass is 35.5. The van der Waals surface area contributed by atoms with Crippen LogP contribution < -0.4 is 4.74 Å². The van der Waals surface area contributed by atoms with E-state index in [-0.39, 0.29) is 12.5 Å². The van der Waals surface area contributed by atoms with E-state index in [4.69, 9.17) is 16.3 Å². The van der Waals surface area contributed by atoms with Gasteiger partial charge in [0.05, 0.1) is 6.61 Å². The summed E-state index contributed by atoms with van der Waals surface area (Å²) in [6, 6.07) is 7.40. The molecule has 0 bridgehead atoms. The van der Waals surface area contributed by atoms with Crippen LogP contribution in [0.25, 0.3) is 0 Å². The zero-order valence-corrected chi connectivity index (χ0v) is 11.4. The SMILES string of the molecule is OCC(COc1ccc(Cl)cc1)C1CCCCC1. The Bertz CT molecular complexity index is 344. The molecular weight excluding hydrogens is 248 g/mol. The number of aliphatic hydroxyl groups excluding tert-OH is 1. The Kier molecular flexibility index (Phi) is 5.33. The number of aliphatic hydroxyl groups is 1. The minimum Gasteiger partial charge on any atom is -0.493 e. The number of rotatable bonds is 5. The van der Waals surface area contributed by atoms with Gasteiger partial charge >= 0.3 is 0 Å². The van der Waals surface area contributed by atoms with Gasteiger partial charge in [-0.2, -0.15) is 0 Å². The van der Waals surface area contributed by atoms with Gasteiger partial charge in [-0.1, -0.05) is 30.9 Å². The van der Waals surface area contributed by atoms with Crippen molar-refractivity contribution < 1.29 is 9.84 Å². The van der Waals surface area contributed by atoms with Crippen LogP contribution in [0.5, 0.6) is 5.75 Å². The molecule has 1 atom stereocenters. The molecule has 0 aromatic heterocycles. The lowest BCUT2D eigenvalue weighted by Gasteiger charge is -2.28. The molecule has 1 unspecified atom stereocenters. The molecule has 0 heterocycles. The third kappa shape index (κ3) is 3.89. The summed E-state index contributed by atoms with van der Waals surface area (Å²) in [4.78, 5) is 0. The van der Waals surface area contributed by atoms with Crippen LogP contribution in [0, 0.1) is 11.8 Å². The molecular formula is C15H21ClO2. The number of benzene rings is 1. The lowest BCUT2D eigenvalue weighted by atomic mass is 9.81. The number of hydrogen-bond donors (Lipinski definition) is 1. The number of halogens is 1. The van der Waals surface area contributed by atoms with Crippen molar-refractivity contribution >= 4 is 11.6 Å². The molecule has 1 aromatic carbocycles. The Morgan fingerprint density at radius 1 is 1.17 bits per heavy atom. The van der Waals surface area contributed by atoms with Crippen molar-refractivity contribution in [2.75, 3.05) is 13.2 Å². The molecule has 0 saturated heterocycles. The highest BCUT2D eigenvalue weighted by Crippen LogP contribution is 2.30. The van der Waals surface area contributed by atoms with E-state index in [1.807, 2.05) is 24.3 Å². The average Bonchev–Trinajstić information content (AvgIpc) is 2.43. The third-order valence-corrected chi connectivity index (χ3v) is 4.08. The van der Waals surface area contributed by atoms with Crippen LogP contribution in [-0.2, 0) is 0 Å². The Morgan fingerprint density at radius 3 is 2.44 bits per heavy atom. The first-order chi connectivity index (χ1) is 8.79. The van der Waals surface area contributed by atoms with Crippen LogP contribution in [0.15, 0.2) is 24.3 Å². The molecule has 0 radical (unpaired) electrons. The Morgan fingerprint density at radius 2 is 1.83 bits per heavy atom. The van der Waals surface area contributed by atoms with Crippen LogP contribution in [0.2, 0.25) is 5.02 Å². The van der Waals surface area contributed by atoms with Crippen LogP contribution >= 0.6 is 11.6 Å². The quantitative estimate of drug-likeness (QED) is 0.877. The molecule has 1 aromatic rings. The topological polar surface area (TPSA) is 29.5 Å². The Balaban J connectivity index is 1.84. The van der Waals surface area contributed by atoms with E-state index in [9.17, 15) is 5.11 Å². The molecule has 0 amide bonds. The smallest absolute Gasteiger partial charge is 0.119 e. The summed E-state index contributed by atoms with van der Waals surface area (Å²) in [6.45, 7) is 0.820. The summed E-state index contributed by atoms with van der Waals surface area (Å²) in [5, 5.41) is 10.2. The number of ether oxygens (including phenoxy) is 1. The predicted molar refractivity (Wildman–Crippen MR) is 74.1 cm³/mol. The zero-order chi connectivity index (χ0) is 12.8. The van der Waals surface area contributed by atoms with Gasteiger partial charge < -0.3 is 9.84 Å². The van der Waals surface area contributed by atoms with E-state index in [1.54, 1.807) is 0 Å². The molecule has 1 N–H and O–H groups in total. The van der Waals surface area contributed by atoms with Crippen molar-refractivity contribution in [1.29, 1.82) is 0 Å². The van der Waals surface area contributed by atoms with Crippen LogP contribution in [0.3, 0.4) is 0 Å². The maximum Gasteiger partial charge on any atom is 0.119 e. The summed E-state index contributed by atoms with van der Waals surface area (Å²) in [6.07, 6.45) is 6.39. The Hall–Kier alpha value is -0.730. The first-order valence-electron chi connectivity index (χ1n) is 6.79. The normalized spacial score (nSPS) is 18.6. The lowest BCUT2D eigenvalue weighted by molar-refractivity contribution is 0.0983. The van der Waals surface area contributed by atoms with E-state index in [2.05, 4.69) is 0 Å². The summed E-state index contributed by atoms with van der Waals surface area (Å²) in [5.41, 5.74) is 0. The monoisotopic (exact) mass is 268 g/mol. The summed E-state index contributed by atoms with van der Waals surface area (Å²) in [5.74, 6) is 1.71. The molecule has 1 aliphatic carbocycles. The van der Waals surface area contributed by atoms with Gasteiger partial charge in [0.2, 0.25) is 0 Å². The molecule has 2 rings (SSSR count). The second kappa shape index (κ2) is 7.01. The summed E-state index contributed by atoms with van der Waals surface area (Å²) >= 11 is 5.83. The Labute approximate surface area is 114 Å². The maximum absolute atomic E-state index is 9.50. The van der Waals surface area contributed by atoms with Crippen LogP contribution in [-0.4, -0.2) is 18.3 Å². The molecule has 1 saturated carbocycles. The van der Waals surface area contributed by atoms with Crippen molar-refractivity contribution in [2.45, 2.75) is 32.1 Å². The van der Waals surface area contributed by atoms with E-state index in [0.29, 0.717) is 17.5 Å². The largest absolute Gasteiger partial charge is 0.493 e. The fraction of sp³-hybridized carbons (Fsp3) is 0.600. The molecule has 0 aliphatic heterocycles. The molecule has 18 heavy (non-hydrogen) atoms. The minimum atomic E-state index is 0.220. The van der Waals surface area contributed by atoms with Crippen molar-refractivity contribution in [3.63, 3.8) is 0 Å². The summed E-state index contributed by atoms with van der Waals surface area (Å²) in [7, 11) is 0. The van der Waals surface area contributed by atoms with E-state index in [1.165, 1.54) is 32.1 Å². The van der Waals surface area contributed by atoms with Gasteiger partial charge in [0.15, 0.2) is 0 Å². The second-order valence-corrected chi connectivity index (χ2v) is 5.54. The van der Waals surface area contributed by atoms with Gasteiger partial charge in [-0.3, -0.25) is 0 Å². The maximum atomic E-state index is 9.50. The fourth-order valence-corrected chi connectivity index (χ4v) is 2.80. The molecule has 100 valence electrons. The van der Waals surface area contributed by atoms with Gasteiger partial charge in [0, 0.05) is 17.5 Å². The third-order valence-electron chi connectivity index (χ3n) is 3.83. The standard InChI is InChI=1S/C15H21ClO2/c16-14-6-8-15(9-7-14)18-11-13(10-17)12-4-2-1-3-5-12/h6-9,12-13,17H,1-5,10-11H2. The van der Waals surface area contributed by atoms with Gasteiger partial charge in [-0.05, 0) is 43.0 Å². The summed E-state index contributed by atoms with van der Waals surface area (Å²) < 4.78 is 5.75. The molecule has 1 fully saturated rings. The van der Waals surface area contributed by atoms with Crippen molar-refractivity contribution in [1.82, 2.24) is 0 Å². The second-order valence-electron chi connectivity index (χ2n) is 5.11. The van der Waals surface area contributed by atoms with Gasteiger partial charge in [-0.25, -0.2) is 0 Å². The van der Waals surface area contributed by atoms with Gasteiger partial charge in [-0.15, -0.1) is 0 Å². The predicted octanol–water partition coefficient (Wildman–Crippen LogP) is 3.91. The first kappa shape index (κ1) is 13.7.